The predicted octanol–water partition coefficient (Wildman–Crippen LogP) is 6.46. The standard InChI is InChI=1S/C31H32Cl2FNO10S/c1-14(30(38)39)8-19(36)21-11-17-23(32)28(27(43-4)24(33)29(17)46-21)45-7-5-6-44-20-10-16-12-35(22(37)9-15(2)31(40)41)13-18(16)25(34)26(20)42-3/h10-11,14-15H,5-9,12-13H2,1-4H3,(H,38,39)(H,40,41). The highest BCUT2D eigenvalue weighted by Gasteiger charge is 2.31. The van der Waals surface area contributed by atoms with Gasteiger partial charge in [-0.1, -0.05) is 37.0 Å². The zero-order valence-corrected chi connectivity index (χ0v) is 27.7. The highest BCUT2D eigenvalue weighted by atomic mass is 35.5. The number of thiophene rings is 1. The van der Waals surface area contributed by atoms with E-state index in [1.54, 1.807) is 12.1 Å². The molecule has 2 N–H and O–H groups in total. The van der Waals surface area contributed by atoms with Gasteiger partial charge in [-0.25, -0.2) is 4.39 Å². The van der Waals surface area contributed by atoms with E-state index in [0.29, 0.717) is 26.9 Å². The summed E-state index contributed by atoms with van der Waals surface area (Å²) in [5.41, 5.74) is 0.818. The van der Waals surface area contributed by atoms with Gasteiger partial charge in [-0.3, -0.25) is 19.2 Å². The van der Waals surface area contributed by atoms with Crippen molar-refractivity contribution in [3.05, 3.63) is 44.0 Å². The molecule has 0 aliphatic carbocycles. The Morgan fingerprint density at radius 2 is 1.54 bits per heavy atom. The van der Waals surface area contributed by atoms with Gasteiger partial charge in [0.15, 0.2) is 34.6 Å². The molecule has 1 amide bonds. The Hall–Kier alpha value is -3.81. The van der Waals surface area contributed by atoms with E-state index in [4.69, 9.17) is 52.4 Å². The summed E-state index contributed by atoms with van der Waals surface area (Å²) in [5.74, 6) is -4.94. The number of carboxylic acid groups (broad SMARTS) is 2. The molecule has 2 heterocycles. The van der Waals surface area contributed by atoms with Gasteiger partial charge in [0.05, 0.1) is 53.9 Å². The molecule has 11 nitrogen and oxygen atoms in total. The molecule has 0 fully saturated rings. The van der Waals surface area contributed by atoms with Crippen LogP contribution in [0.3, 0.4) is 0 Å². The number of ether oxygens (including phenoxy) is 4. The van der Waals surface area contributed by atoms with Gasteiger partial charge in [-0.05, 0) is 17.7 Å². The fraction of sp³-hybridized carbons (Fsp3) is 0.419. The maximum atomic E-state index is 15.4. The number of amides is 1. The van der Waals surface area contributed by atoms with E-state index in [9.17, 15) is 19.2 Å². The third-order valence-corrected chi connectivity index (χ3v) is 9.55. The minimum Gasteiger partial charge on any atom is -0.491 e. The lowest BCUT2D eigenvalue weighted by Crippen LogP contribution is -2.28. The van der Waals surface area contributed by atoms with Crippen LogP contribution in [0.25, 0.3) is 10.1 Å². The quantitative estimate of drug-likeness (QED) is 0.134. The number of Topliss-reactive ketones (excluding diaryl/α,β-unsaturated/α-hetero) is 1. The number of methoxy groups -OCH3 is 2. The number of hydrogen-bond acceptors (Lipinski definition) is 9. The van der Waals surface area contributed by atoms with Gasteiger partial charge >= 0.3 is 11.9 Å². The third kappa shape index (κ3) is 7.26. The van der Waals surface area contributed by atoms with E-state index in [2.05, 4.69) is 0 Å². The van der Waals surface area contributed by atoms with Crippen molar-refractivity contribution in [2.24, 2.45) is 11.8 Å². The number of carboxylic acids is 2. The van der Waals surface area contributed by atoms with Gasteiger partial charge in [0.1, 0.15) is 5.02 Å². The number of nitrogens with zero attached hydrogens (tertiary/aromatic N) is 1. The van der Waals surface area contributed by atoms with Crippen molar-refractivity contribution < 1.29 is 52.7 Å². The molecule has 46 heavy (non-hydrogen) atoms. The molecule has 0 saturated carbocycles. The van der Waals surface area contributed by atoms with E-state index >= 15 is 4.39 Å². The number of benzene rings is 2. The summed E-state index contributed by atoms with van der Waals surface area (Å²) >= 11 is 14.3. The highest BCUT2D eigenvalue weighted by molar-refractivity contribution is 7.21. The Balaban J connectivity index is 1.43. The molecule has 2 atom stereocenters. The fourth-order valence-electron chi connectivity index (χ4n) is 4.89. The summed E-state index contributed by atoms with van der Waals surface area (Å²) in [6.45, 7) is 3.16. The molecule has 1 aromatic heterocycles. The second-order valence-electron chi connectivity index (χ2n) is 10.8. The van der Waals surface area contributed by atoms with E-state index in [1.165, 1.54) is 33.0 Å². The van der Waals surface area contributed by atoms with Gasteiger partial charge in [-0.2, -0.15) is 0 Å². The molecule has 2 unspecified atom stereocenters. The lowest BCUT2D eigenvalue weighted by atomic mass is 10.0. The molecular formula is C31H32Cl2FNO10S. The lowest BCUT2D eigenvalue weighted by molar-refractivity contribution is -0.145. The van der Waals surface area contributed by atoms with Gasteiger partial charge in [0.25, 0.3) is 0 Å². The number of halogens is 3. The average Bonchev–Trinajstić information content (AvgIpc) is 3.65. The number of fused-ring (bicyclic) bond motifs is 2. The molecule has 0 spiro atoms. The van der Waals surface area contributed by atoms with E-state index in [0.717, 1.165) is 11.3 Å². The molecule has 0 radical (unpaired) electrons. The first-order chi connectivity index (χ1) is 21.8. The second kappa shape index (κ2) is 14.7. The van der Waals surface area contributed by atoms with Gasteiger partial charge < -0.3 is 34.1 Å². The van der Waals surface area contributed by atoms with Crippen LogP contribution in [0.15, 0.2) is 12.1 Å². The second-order valence-corrected chi connectivity index (χ2v) is 12.6. The minimum absolute atomic E-state index is 0.00639. The number of hydrogen-bond donors (Lipinski definition) is 2. The van der Waals surface area contributed by atoms with Gasteiger partial charge in [0.2, 0.25) is 5.91 Å². The molecule has 248 valence electrons. The first kappa shape index (κ1) is 35.1. The summed E-state index contributed by atoms with van der Waals surface area (Å²) in [6, 6.07) is 3.16. The summed E-state index contributed by atoms with van der Waals surface area (Å²) in [6.07, 6.45) is -0.0650. The van der Waals surface area contributed by atoms with Crippen molar-refractivity contribution in [1.29, 1.82) is 0 Å². The summed E-state index contributed by atoms with van der Waals surface area (Å²) in [7, 11) is 2.70. The van der Waals surface area contributed by atoms with Crippen LogP contribution < -0.4 is 18.9 Å². The van der Waals surface area contributed by atoms with Gasteiger partial charge in [0, 0.05) is 43.3 Å². The highest BCUT2D eigenvalue weighted by Crippen LogP contribution is 2.50. The number of aliphatic carboxylic acids is 2. The van der Waals surface area contributed by atoms with E-state index in [-0.39, 0.29) is 83.5 Å². The Morgan fingerprint density at radius 1 is 0.913 bits per heavy atom. The smallest absolute Gasteiger partial charge is 0.306 e. The van der Waals surface area contributed by atoms with Crippen molar-refractivity contribution >= 4 is 68.3 Å². The predicted molar refractivity (Wildman–Crippen MR) is 168 cm³/mol. The van der Waals surface area contributed by atoms with Crippen molar-refractivity contribution in [3.63, 3.8) is 0 Å². The Bertz CT molecular complexity index is 1690. The molecule has 15 heteroatoms. The number of rotatable bonds is 15. The maximum absolute atomic E-state index is 15.4. The van der Waals surface area contributed by atoms with Crippen LogP contribution in [0.4, 0.5) is 4.39 Å². The number of carbonyl (C=O) groups is 4. The molecular weight excluding hydrogens is 668 g/mol. The lowest BCUT2D eigenvalue weighted by Gasteiger charge is -2.16. The summed E-state index contributed by atoms with van der Waals surface area (Å²) in [5, 5.41) is 19.1. The number of carbonyl (C=O) groups excluding carboxylic acids is 2. The topological polar surface area (TPSA) is 149 Å². The van der Waals surface area contributed by atoms with Crippen LogP contribution >= 0.6 is 34.5 Å². The van der Waals surface area contributed by atoms with Crippen LogP contribution in [-0.2, 0) is 27.5 Å². The molecule has 1 aliphatic rings. The van der Waals surface area contributed by atoms with Crippen LogP contribution in [0, 0.1) is 17.7 Å². The zero-order valence-electron chi connectivity index (χ0n) is 25.4. The third-order valence-electron chi connectivity index (χ3n) is 7.51. The zero-order chi connectivity index (χ0) is 33.9. The van der Waals surface area contributed by atoms with Crippen LogP contribution in [0.1, 0.15) is 53.9 Å². The van der Waals surface area contributed by atoms with Crippen molar-refractivity contribution in [1.82, 2.24) is 4.90 Å². The molecule has 4 rings (SSSR count). The maximum Gasteiger partial charge on any atom is 0.306 e. The van der Waals surface area contributed by atoms with E-state index < -0.39 is 35.5 Å². The van der Waals surface area contributed by atoms with Crippen molar-refractivity contribution in [2.75, 3.05) is 27.4 Å². The summed E-state index contributed by atoms with van der Waals surface area (Å²) < 4.78 is 38.3. The minimum atomic E-state index is -1.08. The molecule has 0 saturated heterocycles. The first-order valence-corrected chi connectivity index (χ1v) is 15.7. The average molecular weight is 701 g/mol. The molecule has 2 aromatic carbocycles. The SMILES string of the molecule is COc1c(OCCCOc2c(OC)c(Cl)c3sc(C(=O)CC(C)C(=O)O)cc3c2Cl)cc2c(c1F)CN(C(=O)CC(C)C(=O)O)C2. The Kier molecular flexibility index (Phi) is 11.2. The first-order valence-electron chi connectivity index (χ1n) is 14.2. The number of ketones is 1. The van der Waals surface area contributed by atoms with Crippen LogP contribution in [-0.4, -0.2) is 66.2 Å². The van der Waals surface area contributed by atoms with Crippen LogP contribution in [0.5, 0.6) is 23.0 Å². The van der Waals surface area contributed by atoms with Crippen LogP contribution in [0.2, 0.25) is 10.0 Å². The molecule has 3 aromatic rings. The fourth-order valence-corrected chi connectivity index (χ4v) is 6.66. The van der Waals surface area contributed by atoms with Crippen molar-refractivity contribution in [2.45, 2.75) is 46.2 Å². The van der Waals surface area contributed by atoms with Gasteiger partial charge in [-0.15, -0.1) is 11.3 Å². The molecule has 1 aliphatic heterocycles. The normalized spacial score (nSPS) is 13.7. The van der Waals surface area contributed by atoms with E-state index in [1.807, 2.05) is 0 Å². The monoisotopic (exact) mass is 699 g/mol. The largest absolute Gasteiger partial charge is 0.491 e. The van der Waals surface area contributed by atoms with Crippen molar-refractivity contribution in [3.8, 4) is 23.0 Å². The Labute approximate surface area is 277 Å². The Morgan fingerprint density at radius 3 is 2.17 bits per heavy atom. The molecule has 0 bridgehead atoms. The summed E-state index contributed by atoms with van der Waals surface area (Å²) in [4.78, 5) is 49.3.